The van der Waals surface area contributed by atoms with Gasteiger partial charge in [0.05, 0.1) is 12.8 Å². The second kappa shape index (κ2) is 7.90. The maximum absolute atomic E-state index is 12.9. The number of aliphatic hydroxyl groups excluding tert-OH is 1. The summed E-state index contributed by atoms with van der Waals surface area (Å²) in [6.07, 6.45) is 5.33. The van der Waals surface area contributed by atoms with Crippen LogP contribution < -0.4 is 10.1 Å². The lowest BCUT2D eigenvalue weighted by atomic mass is 10.2. The number of carbonyl (C=O) groups excluding carboxylic acids is 1. The van der Waals surface area contributed by atoms with E-state index >= 15 is 0 Å². The van der Waals surface area contributed by atoms with Crippen LogP contribution in [0.2, 0.25) is 0 Å². The topological polar surface area (TPSA) is 71.5 Å². The van der Waals surface area contributed by atoms with Crippen molar-refractivity contribution in [2.75, 3.05) is 18.5 Å². The number of carbonyl (C=O) groups is 1. The van der Waals surface area contributed by atoms with Crippen LogP contribution in [0.5, 0.6) is 5.75 Å². The molecule has 1 aromatic carbocycles. The molecule has 0 spiro atoms. The highest BCUT2D eigenvalue weighted by Crippen LogP contribution is 2.15. The highest BCUT2D eigenvalue weighted by Gasteiger charge is 1.99. The minimum atomic E-state index is -0.457. The van der Waals surface area contributed by atoms with Gasteiger partial charge in [0.15, 0.2) is 0 Å². The summed E-state index contributed by atoms with van der Waals surface area (Å²) < 4.78 is 18.2. The number of nitrogens with one attached hydrogen (secondary N) is 1. The standard InChI is InChI=1S/C16H15FN2O3/c17-13-9-12(10-18-11-13)1-6-16(21)19-14-2-4-15(5-3-14)22-8-7-20/h1-6,9-11,20H,7-8H2,(H,19,21)/b6-1+. The van der Waals surface area contributed by atoms with Crippen molar-refractivity contribution in [3.05, 3.63) is 60.2 Å². The molecular weight excluding hydrogens is 287 g/mol. The summed E-state index contributed by atoms with van der Waals surface area (Å²) in [6.45, 7) is 0.161. The smallest absolute Gasteiger partial charge is 0.248 e. The van der Waals surface area contributed by atoms with Crippen LogP contribution in [0, 0.1) is 5.82 Å². The maximum atomic E-state index is 12.9. The minimum absolute atomic E-state index is 0.0573. The van der Waals surface area contributed by atoms with Crippen LogP contribution in [-0.4, -0.2) is 29.2 Å². The van der Waals surface area contributed by atoms with Crippen molar-refractivity contribution in [1.29, 1.82) is 0 Å². The van der Waals surface area contributed by atoms with Crippen molar-refractivity contribution >= 4 is 17.7 Å². The molecule has 0 aliphatic rings. The second-order valence-electron chi connectivity index (χ2n) is 4.36. The van der Waals surface area contributed by atoms with Crippen molar-refractivity contribution in [1.82, 2.24) is 4.98 Å². The molecular formula is C16H15FN2O3. The third-order valence-corrected chi connectivity index (χ3v) is 2.64. The molecule has 2 N–H and O–H groups in total. The fourth-order valence-electron chi connectivity index (χ4n) is 1.67. The van der Waals surface area contributed by atoms with E-state index in [1.54, 1.807) is 24.3 Å². The van der Waals surface area contributed by atoms with Gasteiger partial charge in [0, 0.05) is 18.0 Å². The number of aliphatic hydroxyl groups is 1. The molecule has 2 rings (SSSR count). The highest BCUT2D eigenvalue weighted by atomic mass is 19.1. The molecule has 5 nitrogen and oxygen atoms in total. The number of halogens is 1. The van der Waals surface area contributed by atoms with E-state index in [0.717, 1.165) is 6.20 Å². The molecule has 0 bridgehead atoms. The maximum Gasteiger partial charge on any atom is 0.248 e. The normalized spacial score (nSPS) is 10.6. The highest BCUT2D eigenvalue weighted by molar-refractivity contribution is 6.01. The SMILES string of the molecule is O=C(/C=C/c1cncc(F)c1)Nc1ccc(OCCO)cc1. The zero-order valence-electron chi connectivity index (χ0n) is 11.7. The number of amides is 1. The van der Waals surface area contributed by atoms with Crippen molar-refractivity contribution in [3.63, 3.8) is 0 Å². The number of hydrogen-bond donors (Lipinski definition) is 2. The molecule has 1 amide bonds. The Bertz CT molecular complexity index is 657. The summed E-state index contributed by atoms with van der Waals surface area (Å²) in [5.74, 6) is -0.192. The summed E-state index contributed by atoms with van der Waals surface area (Å²) in [4.78, 5) is 15.4. The fraction of sp³-hybridized carbons (Fsp3) is 0.125. The average Bonchev–Trinajstić information content (AvgIpc) is 2.52. The van der Waals surface area contributed by atoms with Crippen molar-refractivity contribution in [2.24, 2.45) is 0 Å². The summed E-state index contributed by atoms with van der Waals surface area (Å²) in [7, 11) is 0. The van der Waals surface area contributed by atoms with Gasteiger partial charge < -0.3 is 15.2 Å². The molecule has 1 heterocycles. The zero-order chi connectivity index (χ0) is 15.8. The van der Waals surface area contributed by atoms with E-state index in [-0.39, 0.29) is 19.1 Å². The fourth-order valence-corrected chi connectivity index (χ4v) is 1.67. The first-order chi connectivity index (χ1) is 10.7. The molecule has 0 saturated heterocycles. The molecule has 2 aromatic rings. The zero-order valence-corrected chi connectivity index (χ0v) is 11.7. The van der Waals surface area contributed by atoms with Gasteiger partial charge in [-0.05, 0) is 42.0 Å². The monoisotopic (exact) mass is 302 g/mol. The van der Waals surface area contributed by atoms with Gasteiger partial charge in [-0.15, -0.1) is 0 Å². The summed E-state index contributed by atoms with van der Waals surface area (Å²) in [5, 5.41) is 11.3. The van der Waals surface area contributed by atoms with Crippen LogP contribution >= 0.6 is 0 Å². The Morgan fingerprint density at radius 1 is 1.32 bits per heavy atom. The van der Waals surface area contributed by atoms with Crippen LogP contribution in [0.15, 0.2) is 48.8 Å². The molecule has 114 valence electrons. The lowest BCUT2D eigenvalue weighted by Crippen LogP contribution is -2.07. The van der Waals surface area contributed by atoms with Gasteiger partial charge in [0.1, 0.15) is 18.2 Å². The number of aromatic nitrogens is 1. The van der Waals surface area contributed by atoms with Crippen molar-refractivity contribution < 1.29 is 19.0 Å². The Morgan fingerprint density at radius 3 is 2.77 bits per heavy atom. The molecule has 6 heteroatoms. The Balaban J connectivity index is 1.91. The molecule has 0 aliphatic carbocycles. The van der Waals surface area contributed by atoms with Crippen molar-refractivity contribution in [2.45, 2.75) is 0 Å². The summed E-state index contributed by atoms with van der Waals surface area (Å²) in [6, 6.07) is 8.02. The first-order valence-corrected chi connectivity index (χ1v) is 6.61. The lowest BCUT2D eigenvalue weighted by molar-refractivity contribution is -0.111. The molecule has 0 aliphatic heterocycles. The molecule has 0 radical (unpaired) electrons. The van der Waals surface area contributed by atoms with Gasteiger partial charge in [-0.1, -0.05) is 0 Å². The number of nitrogens with zero attached hydrogens (tertiary/aromatic N) is 1. The van der Waals surface area contributed by atoms with Gasteiger partial charge in [-0.25, -0.2) is 4.39 Å². The van der Waals surface area contributed by atoms with E-state index in [1.807, 2.05) is 0 Å². The quantitative estimate of drug-likeness (QED) is 0.803. The molecule has 0 saturated carbocycles. The predicted molar refractivity (Wildman–Crippen MR) is 80.9 cm³/mol. The minimum Gasteiger partial charge on any atom is -0.491 e. The Morgan fingerprint density at radius 2 is 2.09 bits per heavy atom. The third-order valence-electron chi connectivity index (χ3n) is 2.64. The van der Waals surface area contributed by atoms with Gasteiger partial charge >= 0.3 is 0 Å². The molecule has 0 fully saturated rings. The van der Waals surface area contributed by atoms with Crippen LogP contribution in [-0.2, 0) is 4.79 Å². The van der Waals surface area contributed by atoms with E-state index in [9.17, 15) is 9.18 Å². The van der Waals surface area contributed by atoms with E-state index in [2.05, 4.69) is 10.3 Å². The van der Waals surface area contributed by atoms with Crippen LogP contribution in [0.1, 0.15) is 5.56 Å². The van der Waals surface area contributed by atoms with E-state index < -0.39 is 5.82 Å². The summed E-state index contributed by atoms with van der Waals surface area (Å²) >= 11 is 0. The molecule has 1 aromatic heterocycles. The molecule has 0 atom stereocenters. The number of hydrogen-bond acceptors (Lipinski definition) is 4. The van der Waals surface area contributed by atoms with Gasteiger partial charge in [-0.3, -0.25) is 9.78 Å². The van der Waals surface area contributed by atoms with Crippen LogP contribution in [0.4, 0.5) is 10.1 Å². The first kappa shape index (κ1) is 15.7. The third kappa shape index (κ3) is 4.99. The summed E-state index contributed by atoms with van der Waals surface area (Å²) in [5.41, 5.74) is 1.10. The largest absolute Gasteiger partial charge is 0.491 e. The molecule has 22 heavy (non-hydrogen) atoms. The number of rotatable bonds is 6. The van der Waals surface area contributed by atoms with E-state index in [0.29, 0.717) is 17.0 Å². The number of anilines is 1. The van der Waals surface area contributed by atoms with Crippen LogP contribution in [0.25, 0.3) is 6.08 Å². The van der Waals surface area contributed by atoms with Crippen molar-refractivity contribution in [3.8, 4) is 5.75 Å². The lowest BCUT2D eigenvalue weighted by Gasteiger charge is -2.06. The predicted octanol–water partition coefficient (Wildman–Crippen LogP) is 2.24. The number of benzene rings is 1. The van der Waals surface area contributed by atoms with Gasteiger partial charge in [-0.2, -0.15) is 0 Å². The number of pyridine rings is 1. The van der Waals surface area contributed by atoms with Crippen LogP contribution in [0.3, 0.4) is 0 Å². The Hall–Kier alpha value is -2.73. The van der Waals surface area contributed by atoms with E-state index in [1.165, 1.54) is 24.4 Å². The van der Waals surface area contributed by atoms with Gasteiger partial charge in [0.25, 0.3) is 0 Å². The Kier molecular flexibility index (Phi) is 5.62. The second-order valence-corrected chi connectivity index (χ2v) is 4.36. The van der Waals surface area contributed by atoms with E-state index in [4.69, 9.17) is 9.84 Å². The first-order valence-electron chi connectivity index (χ1n) is 6.61. The Labute approximate surface area is 127 Å². The number of ether oxygens (including phenoxy) is 1. The average molecular weight is 302 g/mol. The molecule has 0 unspecified atom stereocenters. The van der Waals surface area contributed by atoms with Gasteiger partial charge in [0.2, 0.25) is 5.91 Å².